The number of Topliss-reactive ketones (excluding diaryl/α,β-unsaturated/α-hetero) is 1. The molecule has 1 saturated carbocycles. The predicted molar refractivity (Wildman–Crippen MR) is 70.0 cm³/mol. The SMILES string of the molecule is Nc1cc(C(=O)CCNC2CCCC2)ccc1F. The number of halogens is 1. The van der Waals surface area contributed by atoms with Crippen LogP contribution in [0.25, 0.3) is 0 Å². The Bertz CT molecular complexity index is 428. The maximum atomic E-state index is 13.0. The van der Waals surface area contributed by atoms with Crippen molar-refractivity contribution in [3.63, 3.8) is 0 Å². The molecule has 0 saturated heterocycles. The fourth-order valence-electron chi connectivity index (χ4n) is 2.38. The van der Waals surface area contributed by atoms with E-state index < -0.39 is 5.82 Å². The highest BCUT2D eigenvalue weighted by molar-refractivity contribution is 5.96. The monoisotopic (exact) mass is 250 g/mol. The summed E-state index contributed by atoms with van der Waals surface area (Å²) in [4.78, 5) is 11.9. The molecule has 1 fully saturated rings. The Labute approximate surface area is 107 Å². The molecule has 0 radical (unpaired) electrons. The third kappa shape index (κ3) is 3.29. The van der Waals surface area contributed by atoms with Crippen LogP contribution < -0.4 is 11.1 Å². The van der Waals surface area contributed by atoms with Crippen LogP contribution in [0.15, 0.2) is 18.2 Å². The van der Waals surface area contributed by atoms with Gasteiger partial charge in [-0.3, -0.25) is 4.79 Å². The van der Waals surface area contributed by atoms with Crippen LogP contribution in [0.3, 0.4) is 0 Å². The van der Waals surface area contributed by atoms with Crippen LogP contribution in [0.2, 0.25) is 0 Å². The van der Waals surface area contributed by atoms with Gasteiger partial charge in [-0.1, -0.05) is 12.8 Å². The molecular formula is C14H19FN2O. The molecule has 1 aromatic rings. The minimum absolute atomic E-state index is 0.00666. The molecule has 0 spiro atoms. The van der Waals surface area contributed by atoms with Crippen LogP contribution >= 0.6 is 0 Å². The van der Waals surface area contributed by atoms with Gasteiger partial charge in [0.1, 0.15) is 5.82 Å². The normalized spacial score (nSPS) is 16.1. The lowest BCUT2D eigenvalue weighted by molar-refractivity contribution is 0.0981. The Morgan fingerprint density at radius 1 is 1.39 bits per heavy atom. The van der Waals surface area contributed by atoms with Gasteiger partial charge in [0.15, 0.2) is 5.78 Å². The van der Waals surface area contributed by atoms with Crippen molar-refractivity contribution in [1.82, 2.24) is 5.32 Å². The molecule has 0 bridgehead atoms. The fraction of sp³-hybridized carbons (Fsp3) is 0.500. The Morgan fingerprint density at radius 3 is 2.78 bits per heavy atom. The second-order valence-corrected chi connectivity index (χ2v) is 4.84. The first kappa shape index (κ1) is 13.0. The van der Waals surface area contributed by atoms with E-state index in [1.165, 1.54) is 43.9 Å². The number of nitrogens with two attached hydrogens (primary N) is 1. The molecule has 0 unspecified atom stereocenters. The van der Waals surface area contributed by atoms with E-state index in [-0.39, 0.29) is 11.5 Å². The minimum Gasteiger partial charge on any atom is -0.396 e. The zero-order valence-electron chi connectivity index (χ0n) is 10.4. The number of hydrogen-bond acceptors (Lipinski definition) is 3. The van der Waals surface area contributed by atoms with Crippen molar-refractivity contribution in [2.24, 2.45) is 0 Å². The van der Waals surface area contributed by atoms with Crippen molar-refractivity contribution in [3.05, 3.63) is 29.6 Å². The van der Waals surface area contributed by atoms with E-state index in [4.69, 9.17) is 5.73 Å². The maximum Gasteiger partial charge on any atom is 0.164 e. The molecule has 1 aliphatic rings. The molecule has 3 nitrogen and oxygen atoms in total. The molecule has 0 aromatic heterocycles. The van der Waals surface area contributed by atoms with Gasteiger partial charge >= 0.3 is 0 Å². The summed E-state index contributed by atoms with van der Waals surface area (Å²) in [7, 11) is 0. The minimum atomic E-state index is -0.476. The molecular weight excluding hydrogens is 231 g/mol. The van der Waals surface area contributed by atoms with Crippen LogP contribution in [-0.4, -0.2) is 18.4 Å². The van der Waals surface area contributed by atoms with Crippen LogP contribution in [0.4, 0.5) is 10.1 Å². The quantitative estimate of drug-likeness (QED) is 0.623. The summed E-state index contributed by atoms with van der Waals surface area (Å²) in [5.41, 5.74) is 5.96. The van der Waals surface area contributed by atoms with Gasteiger partial charge in [0, 0.05) is 24.6 Å². The topological polar surface area (TPSA) is 55.1 Å². The van der Waals surface area contributed by atoms with Crippen molar-refractivity contribution < 1.29 is 9.18 Å². The highest BCUT2D eigenvalue weighted by atomic mass is 19.1. The average Bonchev–Trinajstić information content (AvgIpc) is 2.85. The summed E-state index contributed by atoms with van der Waals surface area (Å²) >= 11 is 0. The molecule has 0 aliphatic heterocycles. The summed E-state index contributed by atoms with van der Waals surface area (Å²) < 4.78 is 13.0. The maximum absolute atomic E-state index is 13.0. The molecule has 1 aromatic carbocycles. The number of nitrogens with one attached hydrogen (secondary N) is 1. The van der Waals surface area contributed by atoms with Crippen LogP contribution in [-0.2, 0) is 0 Å². The average molecular weight is 250 g/mol. The number of ketones is 1. The molecule has 98 valence electrons. The third-order valence-electron chi connectivity index (χ3n) is 3.46. The van der Waals surface area contributed by atoms with Crippen molar-refractivity contribution in [2.45, 2.75) is 38.1 Å². The Morgan fingerprint density at radius 2 is 2.11 bits per heavy atom. The van der Waals surface area contributed by atoms with Crippen molar-refractivity contribution in [1.29, 1.82) is 0 Å². The molecule has 0 amide bonds. The summed E-state index contributed by atoms with van der Waals surface area (Å²) in [5.74, 6) is -0.470. The lowest BCUT2D eigenvalue weighted by atomic mass is 10.1. The first-order chi connectivity index (χ1) is 8.66. The second-order valence-electron chi connectivity index (χ2n) is 4.84. The molecule has 1 aliphatic carbocycles. The van der Waals surface area contributed by atoms with Crippen molar-refractivity contribution in [2.75, 3.05) is 12.3 Å². The summed E-state index contributed by atoms with van der Waals surface area (Å²) in [6.07, 6.45) is 5.40. The van der Waals surface area contributed by atoms with Gasteiger partial charge in [0.05, 0.1) is 5.69 Å². The summed E-state index contributed by atoms with van der Waals surface area (Å²) in [6.45, 7) is 0.681. The van der Waals surface area contributed by atoms with Crippen molar-refractivity contribution in [3.8, 4) is 0 Å². The van der Waals surface area contributed by atoms with Crippen molar-refractivity contribution >= 4 is 11.5 Å². The number of hydrogen-bond donors (Lipinski definition) is 2. The number of carbonyl (C=O) groups excluding carboxylic acids is 1. The van der Waals surface area contributed by atoms with Gasteiger partial charge in [-0.05, 0) is 31.0 Å². The second kappa shape index (κ2) is 5.96. The van der Waals surface area contributed by atoms with Gasteiger partial charge in [-0.25, -0.2) is 4.39 Å². The predicted octanol–water partition coefficient (Wildman–Crippen LogP) is 2.51. The molecule has 2 rings (SSSR count). The van der Waals surface area contributed by atoms with E-state index in [1.807, 2.05) is 0 Å². The van der Waals surface area contributed by atoms with Crippen LogP contribution in [0, 0.1) is 5.82 Å². The van der Waals surface area contributed by atoms with Gasteiger partial charge in [-0.15, -0.1) is 0 Å². The number of carbonyl (C=O) groups is 1. The van der Waals surface area contributed by atoms with Crippen LogP contribution in [0.5, 0.6) is 0 Å². The number of anilines is 1. The standard InChI is InChI=1S/C14H19FN2O/c15-12-6-5-10(9-13(12)16)14(18)7-8-17-11-3-1-2-4-11/h5-6,9,11,17H,1-4,7-8,16H2. The van der Waals surface area contributed by atoms with Gasteiger partial charge in [0.2, 0.25) is 0 Å². The summed E-state index contributed by atoms with van der Waals surface area (Å²) in [5, 5.41) is 3.38. The smallest absolute Gasteiger partial charge is 0.164 e. The number of nitrogen functional groups attached to an aromatic ring is 1. The van der Waals surface area contributed by atoms with E-state index in [2.05, 4.69) is 5.32 Å². The van der Waals surface area contributed by atoms with Gasteiger partial charge < -0.3 is 11.1 Å². The summed E-state index contributed by atoms with van der Waals surface area (Å²) in [6, 6.07) is 4.71. The zero-order chi connectivity index (χ0) is 13.0. The van der Waals surface area contributed by atoms with E-state index in [9.17, 15) is 9.18 Å². The molecule has 4 heteroatoms. The van der Waals surface area contributed by atoms with E-state index >= 15 is 0 Å². The van der Waals surface area contributed by atoms with E-state index in [0.29, 0.717) is 24.6 Å². The third-order valence-corrected chi connectivity index (χ3v) is 3.46. The highest BCUT2D eigenvalue weighted by Gasteiger charge is 2.14. The van der Waals surface area contributed by atoms with Crippen LogP contribution in [0.1, 0.15) is 42.5 Å². The molecule has 0 heterocycles. The Kier molecular flexibility index (Phi) is 4.31. The first-order valence-electron chi connectivity index (χ1n) is 6.48. The zero-order valence-corrected chi connectivity index (χ0v) is 10.4. The molecule has 0 atom stereocenters. The lowest BCUT2D eigenvalue weighted by Crippen LogP contribution is -2.28. The first-order valence-corrected chi connectivity index (χ1v) is 6.48. The number of rotatable bonds is 5. The van der Waals surface area contributed by atoms with E-state index in [1.54, 1.807) is 0 Å². The number of benzene rings is 1. The molecule has 3 N–H and O–H groups in total. The largest absolute Gasteiger partial charge is 0.396 e. The van der Waals surface area contributed by atoms with Gasteiger partial charge in [0.25, 0.3) is 0 Å². The van der Waals surface area contributed by atoms with E-state index in [0.717, 1.165) is 0 Å². The van der Waals surface area contributed by atoms with Gasteiger partial charge in [-0.2, -0.15) is 0 Å². The Hall–Kier alpha value is -1.42. The Balaban J connectivity index is 1.81. The molecule has 18 heavy (non-hydrogen) atoms. The fourth-order valence-corrected chi connectivity index (χ4v) is 2.38. The highest BCUT2D eigenvalue weighted by Crippen LogP contribution is 2.18. The lowest BCUT2D eigenvalue weighted by Gasteiger charge is -2.11.